The van der Waals surface area contributed by atoms with E-state index in [1.54, 1.807) is 0 Å². The van der Waals surface area contributed by atoms with Crippen LogP contribution in [0.3, 0.4) is 0 Å². The number of nitrogens with zero attached hydrogens (tertiary/aromatic N) is 1. The normalized spacial score (nSPS) is 19.6. The van der Waals surface area contributed by atoms with E-state index in [4.69, 9.17) is 4.74 Å². The van der Waals surface area contributed by atoms with E-state index in [1.807, 2.05) is 24.3 Å². The number of ether oxygens (including phenoxy) is 1. The van der Waals surface area contributed by atoms with Crippen LogP contribution in [0.1, 0.15) is 6.42 Å². The number of benzene rings is 1. The lowest BCUT2D eigenvalue weighted by Gasteiger charge is -2.10. The highest BCUT2D eigenvalue weighted by molar-refractivity contribution is 5.79. The Morgan fingerprint density at radius 2 is 2.18 bits per heavy atom. The van der Waals surface area contributed by atoms with Gasteiger partial charge in [0.2, 0.25) is 0 Å². The van der Waals surface area contributed by atoms with Crippen molar-refractivity contribution < 1.29 is 4.74 Å². The summed E-state index contributed by atoms with van der Waals surface area (Å²) in [4.78, 5) is 4.58. The van der Waals surface area contributed by atoms with E-state index in [-0.39, 0.29) is 0 Å². The second kappa shape index (κ2) is 4.72. The van der Waals surface area contributed by atoms with Gasteiger partial charge in [-0.25, -0.2) is 4.98 Å². The molecule has 17 heavy (non-hydrogen) atoms. The molecule has 0 bridgehead atoms. The molecule has 0 amide bonds. The molecule has 1 saturated heterocycles. The van der Waals surface area contributed by atoms with Gasteiger partial charge >= 0.3 is 0 Å². The van der Waals surface area contributed by atoms with Gasteiger partial charge in [0.15, 0.2) is 0 Å². The molecule has 0 aliphatic carbocycles. The monoisotopic (exact) mass is 228 g/mol. The van der Waals surface area contributed by atoms with E-state index in [2.05, 4.69) is 22.4 Å². The molecule has 88 valence electrons. The lowest BCUT2D eigenvalue weighted by molar-refractivity contribution is 0.187. The second-order valence-corrected chi connectivity index (χ2v) is 4.50. The summed E-state index contributed by atoms with van der Waals surface area (Å²) >= 11 is 0. The van der Waals surface area contributed by atoms with Gasteiger partial charge in [0.05, 0.1) is 12.1 Å². The van der Waals surface area contributed by atoms with Crippen molar-refractivity contribution in [3.8, 4) is 0 Å². The van der Waals surface area contributed by atoms with E-state index in [0.29, 0.717) is 5.92 Å². The standard InChI is InChI=1S/C14H16N2O/c1-2-4-13-12(3-1)5-6-14(16-13)15-9-11-7-8-17-10-11/h1-6,11H,7-10H2,(H,15,16). The van der Waals surface area contributed by atoms with Crippen LogP contribution in [0.5, 0.6) is 0 Å². The van der Waals surface area contributed by atoms with Gasteiger partial charge in [-0.05, 0) is 24.6 Å². The van der Waals surface area contributed by atoms with E-state index >= 15 is 0 Å². The molecule has 0 saturated carbocycles. The molecule has 2 aromatic rings. The maximum Gasteiger partial charge on any atom is 0.126 e. The first kappa shape index (κ1) is 10.5. The van der Waals surface area contributed by atoms with Crippen LogP contribution in [-0.4, -0.2) is 24.7 Å². The van der Waals surface area contributed by atoms with Crippen LogP contribution in [0.25, 0.3) is 10.9 Å². The maximum atomic E-state index is 5.36. The summed E-state index contributed by atoms with van der Waals surface area (Å²) in [5, 5.41) is 4.57. The molecular weight excluding hydrogens is 212 g/mol. The minimum atomic E-state index is 0.628. The van der Waals surface area contributed by atoms with E-state index in [9.17, 15) is 0 Å². The Kier molecular flexibility index (Phi) is 2.92. The quantitative estimate of drug-likeness (QED) is 0.877. The van der Waals surface area contributed by atoms with Crippen molar-refractivity contribution in [2.45, 2.75) is 6.42 Å². The van der Waals surface area contributed by atoms with Crippen molar-refractivity contribution in [2.75, 3.05) is 25.1 Å². The molecular formula is C14H16N2O. The summed E-state index contributed by atoms with van der Waals surface area (Å²) in [6.07, 6.45) is 1.15. The fraction of sp³-hybridized carbons (Fsp3) is 0.357. The molecule has 1 atom stereocenters. The topological polar surface area (TPSA) is 34.2 Å². The molecule has 3 heteroatoms. The molecule has 1 unspecified atom stereocenters. The van der Waals surface area contributed by atoms with E-state index < -0.39 is 0 Å². The number of rotatable bonds is 3. The molecule has 0 spiro atoms. The zero-order valence-electron chi connectivity index (χ0n) is 9.73. The molecule has 1 aromatic carbocycles. The third kappa shape index (κ3) is 2.39. The highest BCUT2D eigenvalue weighted by Crippen LogP contribution is 2.16. The fourth-order valence-corrected chi connectivity index (χ4v) is 2.16. The van der Waals surface area contributed by atoms with Gasteiger partial charge in [0.1, 0.15) is 5.82 Å². The fourth-order valence-electron chi connectivity index (χ4n) is 2.16. The molecule has 2 heterocycles. The van der Waals surface area contributed by atoms with Crippen LogP contribution in [0.4, 0.5) is 5.82 Å². The lowest BCUT2D eigenvalue weighted by Crippen LogP contribution is -2.14. The molecule has 1 aliphatic rings. The first-order valence-corrected chi connectivity index (χ1v) is 6.09. The first-order chi connectivity index (χ1) is 8.42. The average Bonchev–Trinajstić information content (AvgIpc) is 2.89. The minimum absolute atomic E-state index is 0.628. The number of para-hydroxylation sites is 1. The van der Waals surface area contributed by atoms with Crippen molar-refractivity contribution in [3.05, 3.63) is 36.4 Å². The van der Waals surface area contributed by atoms with Crippen molar-refractivity contribution in [1.29, 1.82) is 0 Å². The number of aromatic nitrogens is 1. The molecule has 1 N–H and O–H groups in total. The highest BCUT2D eigenvalue weighted by atomic mass is 16.5. The van der Waals surface area contributed by atoms with Crippen LogP contribution in [-0.2, 0) is 4.74 Å². The summed E-state index contributed by atoms with van der Waals surface area (Å²) in [7, 11) is 0. The number of pyridine rings is 1. The van der Waals surface area contributed by atoms with E-state index in [1.165, 1.54) is 5.39 Å². The Balaban J connectivity index is 1.72. The van der Waals surface area contributed by atoms with Gasteiger partial charge in [-0.15, -0.1) is 0 Å². The van der Waals surface area contributed by atoms with Crippen molar-refractivity contribution >= 4 is 16.7 Å². The average molecular weight is 228 g/mol. The predicted octanol–water partition coefficient (Wildman–Crippen LogP) is 2.68. The highest BCUT2D eigenvalue weighted by Gasteiger charge is 2.15. The van der Waals surface area contributed by atoms with Crippen molar-refractivity contribution in [2.24, 2.45) is 5.92 Å². The second-order valence-electron chi connectivity index (χ2n) is 4.50. The van der Waals surface area contributed by atoms with Crippen LogP contribution in [0.15, 0.2) is 36.4 Å². The molecule has 1 aliphatic heterocycles. The third-order valence-electron chi connectivity index (χ3n) is 3.19. The van der Waals surface area contributed by atoms with Crippen molar-refractivity contribution in [3.63, 3.8) is 0 Å². The Hall–Kier alpha value is -1.61. The smallest absolute Gasteiger partial charge is 0.126 e. The van der Waals surface area contributed by atoms with Gasteiger partial charge in [-0.3, -0.25) is 0 Å². The maximum absolute atomic E-state index is 5.36. The Bertz CT molecular complexity index is 506. The Morgan fingerprint density at radius 3 is 3.06 bits per heavy atom. The van der Waals surface area contributed by atoms with Crippen molar-refractivity contribution in [1.82, 2.24) is 4.98 Å². The first-order valence-electron chi connectivity index (χ1n) is 6.09. The zero-order chi connectivity index (χ0) is 11.5. The molecule has 3 rings (SSSR count). The SMILES string of the molecule is c1ccc2nc(NCC3CCOC3)ccc2c1. The Morgan fingerprint density at radius 1 is 1.24 bits per heavy atom. The Labute approximate surface area is 101 Å². The molecule has 1 aromatic heterocycles. The molecule has 0 radical (unpaired) electrons. The third-order valence-corrected chi connectivity index (χ3v) is 3.19. The van der Waals surface area contributed by atoms with Gasteiger partial charge < -0.3 is 10.1 Å². The predicted molar refractivity (Wildman–Crippen MR) is 69.2 cm³/mol. The van der Waals surface area contributed by atoms with Crippen LogP contribution in [0, 0.1) is 5.92 Å². The number of anilines is 1. The largest absolute Gasteiger partial charge is 0.381 e. The van der Waals surface area contributed by atoms with Gasteiger partial charge in [0.25, 0.3) is 0 Å². The summed E-state index contributed by atoms with van der Waals surface area (Å²) < 4.78 is 5.36. The summed E-state index contributed by atoms with van der Waals surface area (Å²) in [5.74, 6) is 1.58. The number of fused-ring (bicyclic) bond motifs is 1. The lowest BCUT2D eigenvalue weighted by atomic mass is 10.1. The minimum Gasteiger partial charge on any atom is -0.381 e. The number of nitrogens with one attached hydrogen (secondary N) is 1. The molecule has 1 fully saturated rings. The zero-order valence-corrected chi connectivity index (χ0v) is 9.73. The van der Waals surface area contributed by atoms with E-state index in [0.717, 1.165) is 37.5 Å². The number of hydrogen-bond acceptors (Lipinski definition) is 3. The summed E-state index contributed by atoms with van der Waals surface area (Å²) in [6.45, 7) is 2.73. The van der Waals surface area contributed by atoms with Gasteiger partial charge in [-0.2, -0.15) is 0 Å². The van der Waals surface area contributed by atoms with Gasteiger partial charge in [0, 0.05) is 24.5 Å². The van der Waals surface area contributed by atoms with Crippen LogP contribution < -0.4 is 5.32 Å². The van der Waals surface area contributed by atoms with Crippen LogP contribution in [0.2, 0.25) is 0 Å². The summed E-state index contributed by atoms with van der Waals surface area (Å²) in [6, 6.07) is 12.3. The van der Waals surface area contributed by atoms with Gasteiger partial charge in [-0.1, -0.05) is 18.2 Å². The molecule has 3 nitrogen and oxygen atoms in total. The van der Waals surface area contributed by atoms with Crippen LogP contribution >= 0.6 is 0 Å². The number of hydrogen-bond donors (Lipinski definition) is 1. The summed E-state index contributed by atoms with van der Waals surface area (Å²) in [5.41, 5.74) is 1.04.